The molecular weight excluding hydrogens is 340 g/mol. The number of carbonyl (C=O) groups excluding carboxylic acids is 1. The van der Waals surface area contributed by atoms with Crippen molar-refractivity contribution in [2.45, 2.75) is 51.0 Å². The van der Waals surface area contributed by atoms with Gasteiger partial charge in [-0.05, 0) is 43.7 Å². The first-order valence-electron chi connectivity index (χ1n) is 10.2. The van der Waals surface area contributed by atoms with Crippen LogP contribution in [0.2, 0.25) is 0 Å². The lowest BCUT2D eigenvalue weighted by Gasteiger charge is -2.35. The Labute approximate surface area is 159 Å². The average Bonchev–Trinajstić information content (AvgIpc) is 2.69. The molecule has 1 aliphatic carbocycles. The number of hydrogen-bond donors (Lipinski definition) is 1. The van der Waals surface area contributed by atoms with Gasteiger partial charge in [-0.3, -0.25) is 4.79 Å². The van der Waals surface area contributed by atoms with E-state index in [2.05, 4.69) is 10.2 Å². The maximum absolute atomic E-state index is 12.6. The third-order valence-corrected chi connectivity index (χ3v) is 6.05. The highest BCUT2D eigenvalue weighted by Crippen LogP contribution is 2.25. The molecule has 27 heavy (non-hydrogen) atoms. The Morgan fingerprint density at radius 2 is 1.81 bits per heavy atom. The number of hydrogen-bond acceptors (Lipinski definition) is 4. The second kappa shape index (κ2) is 8.26. The molecule has 144 valence electrons. The second-order valence-electron chi connectivity index (χ2n) is 8.04. The molecular formula is C22H28N2O3. The first kappa shape index (κ1) is 18.2. The van der Waals surface area contributed by atoms with E-state index in [0.717, 1.165) is 37.2 Å². The quantitative estimate of drug-likeness (QED) is 0.838. The van der Waals surface area contributed by atoms with Gasteiger partial charge in [0.05, 0.1) is 0 Å². The van der Waals surface area contributed by atoms with E-state index in [1.807, 2.05) is 18.2 Å². The fraction of sp³-hybridized carbons (Fsp3) is 0.545. The fourth-order valence-electron chi connectivity index (χ4n) is 4.48. The maximum Gasteiger partial charge on any atom is 0.349 e. The topological polar surface area (TPSA) is 62.6 Å². The van der Waals surface area contributed by atoms with Crippen molar-refractivity contribution in [2.75, 3.05) is 19.6 Å². The highest BCUT2D eigenvalue weighted by Gasteiger charge is 2.25. The predicted octanol–water partition coefficient (Wildman–Crippen LogP) is 3.57. The normalized spacial score (nSPS) is 20.0. The number of amides is 1. The van der Waals surface area contributed by atoms with Gasteiger partial charge >= 0.3 is 5.63 Å². The molecule has 4 rings (SSSR count). The summed E-state index contributed by atoms with van der Waals surface area (Å²) in [7, 11) is 0. The molecule has 1 aromatic carbocycles. The Kier molecular flexibility index (Phi) is 5.58. The summed E-state index contributed by atoms with van der Waals surface area (Å²) in [6.45, 7) is 3.25. The maximum atomic E-state index is 12.6. The van der Waals surface area contributed by atoms with Crippen LogP contribution in [0.3, 0.4) is 0 Å². The molecule has 1 saturated heterocycles. The van der Waals surface area contributed by atoms with Crippen LogP contribution in [0.25, 0.3) is 11.0 Å². The van der Waals surface area contributed by atoms with E-state index in [0.29, 0.717) is 5.58 Å². The molecule has 2 aliphatic rings. The van der Waals surface area contributed by atoms with E-state index in [4.69, 9.17) is 4.42 Å². The van der Waals surface area contributed by atoms with Gasteiger partial charge in [0.25, 0.3) is 5.91 Å². The molecule has 0 radical (unpaired) electrons. The van der Waals surface area contributed by atoms with Gasteiger partial charge in [0.15, 0.2) is 0 Å². The van der Waals surface area contributed by atoms with Crippen LogP contribution in [0.15, 0.2) is 39.5 Å². The van der Waals surface area contributed by atoms with Crippen LogP contribution in [-0.2, 0) is 0 Å². The Bertz CT molecular complexity index is 846. The molecule has 2 fully saturated rings. The third-order valence-electron chi connectivity index (χ3n) is 6.05. The summed E-state index contributed by atoms with van der Waals surface area (Å²) in [6.07, 6.45) is 8.78. The highest BCUT2D eigenvalue weighted by atomic mass is 16.4. The molecule has 1 aromatic heterocycles. The lowest BCUT2D eigenvalue weighted by atomic mass is 9.88. The Morgan fingerprint density at radius 1 is 1.07 bits per heavy atom. The van der Waals surface area contributed by atoms with Crippen molar-refractivity contribution in [3.05, 3.63) is 46.3 Å². The van der Waals surface area contributed by atoms with Crippen LogP contribution in [0.1, 0.15) is 55.3 Å². The van der Waals surface area contributed by atoms with Gasteiger partial charge in [0.2, 0.25) is 0 Å². The predicted molar refractivity (Wildman–Crippen MR) is 106 cm³/mol. The van der Waals surface area contributed by atoms with Crippen molar-refractivity contribution in [1.29, 1.82) is 0 Å². The van der Waals surface area contributed by atoms with Gasteiger partial charge in [-0.1, -0.05) is 37.5 Å². The lowest BCUT2D eigenvalue weighted by molar-refractivity contribution is 0.0898. The summed E-state index contributed by atoms with van der Waals surface area (Å²) in [5.74, 6) is 0.535. The monoisotopic (exact) mass is 368 g/mol. The largest absolute Gasteiger partial charge is 0.422 e. The number of carbonyl (C=O) groups is 1. The number of nitrogens with one attached hydrogen (secondary N) is 1. The number of likely N-dealkylation sites (tertiary alicyclic amines) is 1. The first-order valence-corrected chi connectivity index (χ1v) is 10.2. The minimum absolute atomic E-state index is 0.0957. The summed E-state index contributed by atoms with van der Waals surface area (Å²) in [6, 6.07) is 9.03. The number of fused-ring (bicyclic) bond motifs is 1. The third kappa shape index (κ3) is 4.41. The molecule has 2 aromatic rings. The van der Waals surface area contributed by atoms with Crippen molar-refractivity contribution < 1.29 is 9.21 Å². The molecule has 2 heterocycles. The number of nitrogens with zero attached hydrogens (tertiary/aromatic N) is 1. The van der Waals surface area contributed by atoms with Crippen LogP contribution >= 0.6 is 0 Å². The number of benzene rings is 1. The van der Waals surface area contributed by atoms with Gasteiger partial charge in [0.1, 0.15) is 11.1 Å². The van der Waals surface area contributed by atoms with Gasteiger partial charge in [0, 0.05) is 31.1 Å². The average molecular weight is 368 g/mol. The second-order valence-corrected chi connectivity index (χ2v) is 8.04. The molecule has 0 bridgehead atoms. The van der Waals surface area contributed by atoms with Gasteiger partial charge in [-0.2, -0.15) is 0 Å². The number of para-hydroxylation sites is 1. The standard InChI is InChI=1S/C22H28N2O3/c25-21(19-14-17-8-4-5-9-20(17)27-22(19)26)23-18-10-12-24(13-11-18)15-16-6-2-1-3-7-16/h4-5,8-9,14,16,18H,1-3,6-7,10-13,15H2,(H,23,25). The minimum atomic E-state index is -0.569. The molecule has 5 heteroatoms. The molecule has 1 N–H and O–H groups in total. The van der Waals surface area contributed by atoms with E-state index >= 15 is 0 Å². The van der Waals surface area contributed by atoms with Crippen molar-refractivity contribution in [2.24, 2.45) is 5.92 Å². The lowest BCUT2D eigenvalue weighted by Crippen LogP contribution is -2.46. The van der Waals surface area contributed by atoms with E-state index < -0.39 is 5.63 Å². The van der Waals surface area contributed by atoms with Gasteiger partial charge in [-0.25, -0.2) is 4.79 Å². The summed E-state index contributed by atoms with van der Waals surface area (Å²) < 4.78 is 5.28. The first-order chi connectivity index (χ1) is 13.2. The summed E-state index contributed by atoms with van der Waals surface area (Å²) >= 11 is 0. The zero-order chi connectivity index (χ0) is 18.6. The van der Waals surface area contributed by atoms with Crippen molar-refractivity contribution in [3.63, 3.8) is 0 Å². The Morgan fingerprint density at radius 3 is 2.59 bits per heavy atom. The van der Waals surface area contributed by atoms with E-state index in [-0.39, 0.29) is 17.5 Å². The molecule has 1 saturated carbocycles. The number of piperidine rings is 1. The minimum Gasteiger partial charge on any atom is -0.422 e. The van der Waals surface area contributed by atoms with Crippen LogP contribution < -0.4 is 10.9 Å². The van der Waals surface area contributed by atoms with Crippen LogP contribution in [0, 0.1) is 5.92 Å². The molecule has 0 atom stereocenters. The molecule has 1 aliphatic heterocycles. The van der Waals surface area contributed by atoms with E-state index in [1.165, 1.54) is 38.6 Å². The fourth-order valence-corrected chi connectivity index (χ4v) is 4.48. The van der Waals surface area contributed by atoms with E-state index in [1.54, 1.807) is 12.1 Å². The zero-order valence-corrected chi connectivity index (χ0v) is 15.8. The van der Waals surface area contributed by atoms with Gasteiger partial charge < -0.3 is 14.6 Å². The summed E-state index contributed by atoms with van der Waals surface area (Å²) in [5.41, 5.74) is 0.0364. The SMILES string of the molecule is O=C(NC1CCN(CC2CCCCC2)CC1)c1cc2ccccc2oc1=O. The van der Waals surface area contributed by atoms with Crippen molar-refractivity contribution >= 4 is 16.9 Å². The molecule has 0 unspecified atom stereocenters. The van der Waals surface area contributed by atoms with Crippen LogP contribution in [-0.4, -0.2) is 36.5 Å². The van der Waals surface area contributed by atoms with Crippen molar-refractivity contribution in [1.82, 2.24) is 10.2 Å². The number of rotatable bonds is 4. The van der Waals surface area contributed by atoms with E-state index in [9.17, 15) is 9.59 Å². The van der Waals surface area contributed by atoms with Gasteiger partial charge in [-0.15, -0.1) is 0 Å². The molecule has 0 spiro atoms. The Balaban J connectivity index is 1.33. The Hall–Kier alpha value is -2.14. The molecule has 1 amide bonds. The van der Waals surface area contributed by atoms with Crippen LogP contribution in [0.4, 0.5) is 0 Å². The highest BCUT2D eigenvalue weighted by molar-refractivity contribution is 5.96. The smallest absolute Gasteiger partial charge is 0.349 e. The summed E-state index contributed by atoms with van der Waals surface area (Å²) in [4.78, 5) is 27.3. The van der Waals surface area contributed by atoms with Crippen molar-refractivity contribution in [3.8, 4) is 0 Å². The van der Waals surface area contributed by atoms with Crippen LogP contribution in [0.5, 0.6) is 0 Å². The zero-order valence-electron chi connectivity index (χ0n) is 15.8. The molecule has 5 nitrogen and oxygen atoms in total. The summed E-state index contributed by atoms with van der Waals surface area (Å²) in [5, 5.41) is 3.81.